The van der Waals surface area contributed by atoms with E-state index in [2.05, 4.69) is 6.07 Å². The second kappa shape index (κ2) is 4.57. The maximum atomic E-state index is 11.2. The van der Waals surface area contributed by atoms with Gasteiger partial charge in [0.2, 0.25) is 0 Å². The van der Waals surface area contributed by atoms with Crippen LogP contribution in [0.3, 0.4) is 0 Å². The molecule has 0 aromatic heterocycles. The summed E-state index contributed by atoms with van der Waals surface area (Å²) in [5, 5.41) is 18.3. The summed E-state index contributed by atoms with van der Waals surface area (Å²) in [4.78, 5) is 11.2. The molecule has 1 aromatic rings. The molecule has 1 N–H and O–H groups in total. The molecule has 5 heteroatoms. The van der Waals surface area contributed by atoms with Crippen LogP contribution < -0.4 is 9.47 Å². The van der Waals surface area contributed by atoms with Crippen LogP contribution in [0.2, 0.25) is 0 Å². The molecule has 1 aliphatic carbocycles. The fraction of sp³-hybridized carbons (Fsp3) is 0.385. The van der Waals surface area contributed by atoms with Crippen LogP contribution in [0.5, 0.6) is 11.5 Å². The summed E-state index contributed by atoms with van der Waals surface area (Å²) in [5.74, 6) is -0.963. The third kappa shape index (κ3) is 1.76. The Labute approximate surface area is 105 Å². The number of nitriles is 1. The first-order valence-corrected chi connectivity index (χ1v) is 5.50. The van der Waals surface area contributed by atoms with E-state index in [9.17, 15) is 9.90 Å². The van der Waals surface area contributed by atoms with E-state index in [0.29, 0.717) is 23.5 Å². The number of hydrogen-bond acceptors (Lipinski definition) is 4. The first-order chi connectivity index (χ1) is 8.62. The summed E-state index contributed by atoms with van der Waals surface area (Å²) in [6.45, 7) is 0. The minimum absolute atomic E-state index is 0.303. The molecule has 5 nitrogen and oxygen atoms in total. The van der Waals surface area contributed by atoms with Gasteiger partial charge in [-0.15, -0.1) is 0 Å². The van der Waals surface area contributed by atoms with Crippen molar-refractivity contribution in [1.29, 1.82) is 5.26 Å². The highest BCUT2D eigenvalue weighted by Gasteiger charge is 2.36. The largest absolute Gasteiger partial charge is 0.493 e. The number of nitrogens with zero attached hydrogens (tertiary/aromatic N) is 1. The fourth-order valence-corrected chi connectivity index (χ4v) is 2.36. The highest BCUT2D eigenvalue weighted by molar-refractivity contribution is 5.79. The maximum absolute atomic E-state index is 11.2. The van der Waals surface area contributed by atoms with E-state index in [1.807, 2.05) is 0 Å². The molecule has 0 spiro atoms. The Kier molecular flexibility index (Phi) is 3.11. The van der Waals surface area contributed by atoms with Gasteiger partial charge in [0, 0.05) is 0 Å². The third-order valence-electron chi connectivity index (χ3n) is 3.27. The second-order valence-electron chi connectivity index (χ2n) is 4.14. The van der Waals surface area contributed by atoms with Crippen LogP contribution in [0.1, 0.15) is 29.4 Å². The highest BCUT2D eigenvalue weighted by atomic mass is 16.5. The lowest BCUT2D eigenvalue weighted by molar-refractivity contribution is -0.138. The molecule has 0 heterocycles. The van der Waals surface area contributed by atoms with Crippen LogP contribution >= 0.6 is 0 Å². The number of carboxylic acids is 1. The third-order valence-corrected chi connectivity index (χ3v) is 3.27. The number of fused-ring (bicyclic) bond motifs is 1. The van der Waals surface area contributed by atoms with Gasteiger partial charge in [-0.2, -0.15) is 5.26 Å². The Morgan fingerprint density at radius 1 is 1.33 bits per heavy atom. The van der Waals surface area contributed by atoms with E-state index in [1.165, 1.54) is 14.2 Å². The fourth-order valence-electron chi connectivity index (χ4n) is 2.36. The number of carbonyl (C=O) groups is 1. The van der Waals surface area contributed by atoms with Crippen LogP contribution in [0.25, 0.3) is 0 Å². The Balaban J connectivity index is 2.58. The quantitative estimate of drug-likeness (QED) is 0.882. The summed E-state index contributed by atoms with van der Waals surface area (Å²) in [6.07, 6.45) is 0.303. The van der Waals surface area contributed by atoms with Crippen molar-refractivity contribution >= 4 is 5.97 Å². The Hall–Kier alpha value is -2.22. The van der Waals surface area contributed by atoms with E-state index in [1.54, 1.807) is 12.1 Å². The summed E-state index contributed by atoms with van der Waals surface area (Å²) in [7, 11) is 3.01. The Morgan fingerprint density at radius 2 is 1.89 bits per heavy atom. The average Bonchev–Trinajstić information content (AvgIpc) is 2.74. The second-order valence-corrected chi connectivity index (χ2v) is 4.14. The van der Waals surface area contributed by atoms with E-state index < -0.39 is 17.8 Å². The lowest BCUT2D eigenvalue weighted by atomic mass is 10.0. The van der Waals surface area contributed by atoms with E-state index in [0.717, 1.165) is 5.56 Å². The number of carboxylic acid groups (broad SMARTS) is 1. The van der Waals surface area contributed by atoms with Gasteiger partial charge in [-0.25, -0.2) is 0 Å². The number of rotatable bonds is 3. The van der Waals surface area contributed by atoms with Crippen molar-refractivity contribution in [2.75, 3.05) is 14.2 Å². The molecule has 0 saturated carbocycles. The summed E-state index contributed by atoms with van der Waals surface area (Å²) in [5.41, 5.74) is 1.37. The molecule has 0 fully saturated rings. The average molecular weight is 247 g/mol. The normalized spacial score (nSPS) is 20.9. The molecule has 2 unspecified atom stereocenters. The summed E-state index contributed by atoms with van der Waals surface area (Å²) >= 11 is 0. The molecular weight excluding hydrogens is 234 g/mol. The van der Waals surface area contributed by atoms with Crippen LogP contribution in [0.15, 0.2) is 12.1 Å². The Bertz CT molecular complexity index is 533. The van der Waals surface area contributed by atoms with Gasteiger partial charge in [0.05, 0.1) is 32.1 Å². The van der Waals surface area contributed by atoms with Crippen molar-refractivity contribution in [2.24, 2.45) is 0 Å². The number of hydrogen-bond donors (Lipinski definition) is 1. The molecule has 0 aliphatic heterocycles. The lowest BCUT2D eigenvalue weighted by Gasteiger charge is -2.12. The number of benzene rings is 1. The van der Waals surface area contributed by atoms with Gasteiger partial charge in [0.15, 0.2) is 11.5 Å². The van der Waals surface area contributed by atoms with E-state index >= 15 is 0 Å². The van der Waals surface area contributed by atoms with Gasteiger partial charge < -0.3 is 14.6 Å². The molecule has 18 heavy (non-hydrogen) atoms. The number of ether oxygens (including phenoxy) is 2. The molecule has 94 valence electrons. The minimum atomic E-state index is -0.916. The molecule has 2 atom stereocenters. The zero-order chi connectivity index (χ0) is 13.3. The van der Waals surface area contributed by atoms with Gasteiger partial charge in [0.25, 0.3) is 0 Å². The van der Waals surface area contributed by atoms with Gasteiger partial charge in [0.1, 0.15) is 0 Å². The topological polar surface area (TPSA) is 79.6 Å². The zero-order valence-electron chi connectivity index (χ0n) is 10.1. The molecule has 0 bridgehead atoms. The number of methoxy groups -OCH3 is 2. The van der Waals surface area contributed by atoms with Crippen molar-refractivity contribution in [2.45, 2.75) is 18.3 Å². The molecule has 1 aliphatic rings. The predicted molar refractivity (Wildman–Crippen MR) is 62.9 cm³/mol. The van der Waals surface area contributed by atoms with Crippen molar-refractivity contribution in [3.63, 3.8) is 0 Å². The van der Waals surface area contributed by atoms with Crippen LogP contribution in [-0.2, 0) is 4.79 Å². The molecular formula is C13H13NO4. The number of aliphatic carboxylic acids is 1. The minimum Gasteiger partial charge on any atom is -0.493 e. The van der Waals surface area contributed by atoms with Crippen LogP contribution in [-0.4, -0.2) is 25.3 Å². The molecule has 0 amide bonds. The SMILES string of the molecule is COc1cc2c(cc1OC)C(C(=O)O)CC2C#N. The van der Waals surface area contributed by atoms with Gasteiger partial charge >= 0.3 is 5.97 Å². The molecule has 0 radical (unpaired) electrons. The Morgan fingerprint density at radius 3 is 2.33 bits per heavy atom. The summed E-state index contributed by atoms with van der Waals surface area (Å²) in [6, 6.07) is 5.49. The molecule has 2 rings (SSSR count). The van der Waals surface area contributed by atoms with Gasteiger partial charge in [-0.3, -0.25) is 4.79 Å². The molecule has 0 saturated heterocycles. The first kappa shape index (κ1) is 12.2. The van der Waals surface area contributed by atoms with Crippen molar-refractivity contribution in [1.82, 2.24) is 0 Å². The van der Waals surface area contributed by atoms with Crippen molar-refractivity contribution < 1.29 is 19.4 Å². The predicted octanol–water partition coefficient (Wildman–Crippen LogP) is 1.88. The summed E-state index contributed by atoms with van der Waals surface area (Å²) < 4.78 is 10.3. The van der Waals surface area contributed by atoms with E-state index in [4.69, 9.17) is 14.7 Å². The van der Waals surface area contributed by atoms with Gasteiger partial charge in [-0.05, 0) is 29.7 Å². The van der Waals surface area contributed by atoms with Crippen LogP contribution in [0, 0.1) is 11.3 Å². The van der Waals surface area contributed by atoms with E-state index in [-0.39, 0.29) is 0 Å². The first-order valence-electron chi connectivity index (χ1n) is 5.50. The van der Waals surface area contributed by atoms with Gasteiger partial charge in [-0.1, -0.05) is 0 Å². The maximum Gasteiger partial charge on any atom is 0.311 e. The highest BCUT2D eigenvalue weighted by Crippen LogP contribution is 2.46. The van der Waals surface area contributed by atoms with Crippen molar-refractivity contribution in [3.8, 4) is 17.6 Å². The van der Waals surface area contributed by atoms with Crippen LogP contribution in [0.4, 0.5) is 0 Å². The zero-order valence-corrected chi connectivity index (χ0v) is 10.1. The monoisotopic (exact) mass is 247 g/mol. The molecule has 1 aromatic carbocycles. The smallest absolute Gasteiger partial charge is 0.311 e. The van der Waals surface area contributed by atoms with Crippen molar-refractivity contribution in [3.05, 3.63) is 23.3 Å². The lowest BCUT2D eigenvalue weighted by Crippen LogP contribution is -2.08. The standard InChI is InChI=1S/C13H13NO4/c1-17-11-4-8-7(6-14)3-10(13(15)16)9(8)5-12(11)18-2/h4-5,7,10H,3H2,1-2H3,(H,15,16).